The van der Waals surface area contributed by atoms with Crippen LogP contribution in [0.4, 0.5) is 0 Å². The Balaban J connectivity index is 1.65. The summed E-state index contributed by atoms with van der Waals surface area (Å²) in [6.45, 7) is 2.37. The minimum absolute atomic E-state index is 0.631. The first-order valence-corrected chi connectivity index (χ1v) is 7.75. The van der Waals surface area contributed by atoms with Gasteiger partial charge >= 0.3 is 0 Å². The van der Waals surface area contributed by atoms with E-state index in [0.717, 1.165) is 11.7 Å². The van der Waals surface area contributed by atoms with Gasteiger partial charge in [0.15, 0.2) is 5.82 Å². The third kappa shape index (κ3) is 2.60. The SMILES string of the molecule is CC1CCC(c2nc(C3CCCCC3)n[nH]2)CC1. The van der Waals surface area contributed by atoms with Crippen molar-refractivity contribution in [3.05, 3.63) is 11.6 Å². The molecule has 0 amide bonds. The normalized spacial score (nSPS) is 30.5. The van der Waals surface area contributed by atoms with E-state index in [-0.39, 0.29) is 0 Å². The molecule has 3 heteroatoms. The molecule has 100 valence electrons. The van der Waals surface area contributed by atoms with Gasteiger partial charge in [-0.05, 0) is 31.6 Å². The van der Waals surface area contributed by atoms with Gasteiger partial charge in [-0.1, -0.05) is 39.0 Å². The summed E-state index contributed by atoms with van der Waals surface area (Å²) in [7, 11) is 0. The molecular formula is C15H25N3. The number of nitrogens with zero attached hydrogens (tertiary/aromatic N) is 2. The molecule has 0 saturated heterocycles. The number of nitrogens with one attached hydrogen (secondary N) is 1. The van der Waals surface area contributed by atoms with Crippen LogP contribution in [0, 0.1) is 5.92 Å². The lowest BCUT2D eigenvalue weighted by atomic mass is 9.82. The molecule has 0 spiro atoms. The van der Waals surface area contributed by atoms with E-state index >= 15 is 0 Å². The molecule has 1 aromatic rings. The van der Waals surface area contributed by atoms with E-state index in [0.29, 0.717) is 11.8 Å². The van der Waals surface area contributed by atoms with Gasteiger partial charge < -0.3 is 0 Å². The standard InChI is InChI=1S/C15H25N3/c1-11-7-9-13(10-8-11)15-16-14(17-18-15)12-5-3-2-4-6-12/h11-13H,2-10H2,1H3,(H,16,17,18). The Morgan fingerprint density at radius 1 is 0.889 bits per heavy atom. The summed E-state index contributed by atoms with van der Waals surface area (Å²) < 4.78 is 0. The molecular weight excluding hydrogens is 222 g/mol. The smallest absolute Gasteiger partial charge is 0.153 e. The Labute approximate surface area is 110 Å². The van der Waals surface area contributed by atoms with E-state index in [9.17, 15) is 0 Å². The zero-order valence-corrected chi connectivity index (χ0v) is 11.5. The average molecular weight is 247 g/mol. The van der Waals surface area contributed by atoms with Crippen molar-refractivity contribution in [2.75, 3.05) is 0 Å². The first-order valence-electron chi connectivity index (χ1n) is 7.75. The fourth-order valence-electron chi connectivity index (χ4n) is 3.55. The molecule has 2 aliphatic rings. The Morgan fingerprint density at radius 3 is 2.33 bits per heavy atom. The topological polar surface area (TPSA) is 41.6 Å². The monoisotopic (exact) mass is 247 g/mol. The second kappa shape index (κ2) is 5.41. The third-order valence-corrected chi connectivity index (χ3v) is 4.89. The van der Waals surface area contributed by atoms with Crippen LogP contribution in [0.2, 0.25) is 0 Å². The minimum Gasteiger partial charge on any atom is -0.263 e. The van der Waals surface area contributed by atoms with Crippen molar-refractivity contribution in [2.45, 2.75) is 76.5 Å². The molecule has 3 nitrogen and oxygen atoms in total. The van der Waals surface area contributed by atoms with Gasteiger partial charge in [0, 0.05) is 11.8 Å². The lowest BCUT2D eigenvalue weighted by Gasteiger charge is -2.24. The highest BCUT2D eigenvalue weighted by molar-refractivity contribution is 5.04. The maximum Gasteiger partial charge on any atom is 0.153 e. The van der Waals surface area contributed by atoms with Crippen LogP contribution in [-0.4, -0.2) is 15.2 Å². The van der Waals surface area contributed by atoms with Crippen molar-refractivity contribution in [1.29, 1.82) is 0 Å². The zero-order valence-electron chi connectivity index (χ0n) is 11.5. The van der Waals surface area contributed by atoms with Crippen molar-refractivity contribution >= 4 is 0 Å². The summed E-state index contributed by atoms with van der Waals surface area (Å²) in [5.41, 5.74) is 0. The number of aromatic amines is 1. The number of aromatic nitrogens is 3. The van der Waals surface area contributed by atoms with Crippen LogP contribution in [-0.2, 0) is 0 Å². The summed E-state index contributed by atoms with van der Waals surface area (Å²) in [4.78, 5) is 4.82. The van der Waals surface area contributed by atoms with Crippen LogP contribution in [0.1, 0.15) is 88.2 Å². The van der Waals surface area contributed by atoms with E-state index in [1.165, 1.54) is 63.6 Å². The van der Waals surface area contributed by atoms with E-state index in [1.807, 2.05) is 0 Å². The molecule has 0 atom stereocenters. The van der Waals surface area contributed by atoms with Crippen LogP contribution in [0.25, 0.3) is 0 Å². The van der Waals surface area contributed by atoms with Crippen molar-refractivity contribution in [1.82, 2.24) is 15.2 Å². The van der Waals surface area contributed by atoms with Crippen molar-refractivity contribution in [2.24, 2.45) is 5.92 Å². The van der Waals surface area contributed by atoms with Crippen LogP contribution >= 0.6 is 0 Å². The second-order valence-corrected chi connectivity index (χ2v) is 6.37. The molecule has 1 N–H and O–H groups in total. The maximum atomic E-state index is 4.82. The predicted octanol–water partition coefficient (Wildman–Crippen LogP) is 4.15. The minimum atomic E-state index is 0.631. The highest BCUT2D eigenvalue weighted by atomic mass is 15.2. The van der Waals surface area contributed by atoms with Gasteiger partial charge in [-0.2, -0.15) is 5.10 Å². The number of rotatable bonds is 2. The number of hydrogen-bond donors (Lipinski definition) is 1. The molecule has 3 rings (SSSR count). The second-order valence-electron chi connectivity index (χ2n) is 6.37. The van der Waals surface area contributed by atoms with E-state index < -0.39 is 0 Å². The molecule has 0 aromatic carbocycles. The zero-order chi connectivity index (χ0) is 12.4. The molecule has 1 aromatic heterocycles. The lowest BCUT2D eigenvalue weighted by molar-refractivity contribution is 0.340. The highest BCUT2D eigenvalue weighted by Gasteiger charge is 2.25. The fraction of sp³-hybridized carbons (Fsp3) is 0.867. The first kappa shape index (κ1) is 12.2. The lowest BCUT2D eigenvalue weighted by Crippen LogP contribution is -2.12. The Morgan fingerprint density at radius 2 is 1.61 bits per heavy atom. The Hall–Kier alpha value is -0.860. The highest BCUT2D eigenvalue weighted by Crippen LogP contribution is 2.35. The van der Waals surface area contributed by atoms with Gasteiger partial charge in [0.05, 0.1) is 0 Å². The average Bonchev–Trinajstić information content (AvgIpc) is 2.90. The number of H-pyrrole nitrogens is 1. The number of hydrogen-bond acceptors (Lipinski definition) is 2. The van der Waals surface area contributed by atoms with Crippen LogP contribution in [0.5, 0.6) is 0 Å². The van der Waals surface area contributed by atoms with Crippen LogP contribution in [0.3, 0.4) is 0 Å². The van der Waals surface area contributed by atoms with Gasteiger partial charge in [0.1, 0.15) is 5.82 Å². The summed E-state index contributed by atoms with van der Waals surface area (Å²) in [6.07, 6.45) is 12.0. The van der Waals surface area contributed by atoms with E-state index in [2.05, 4.69) is 17.1 Å². The van der Waals surface area contributed by atoms with E-state index in [1.54, 1.807) is 0 Å². The van der Waals surface area contributed by atoms with Gasteiger partial charge in [-0.3, -0.25) is 5.10 Å². The molecule has 2 fully saturated rings. The molecule has 18 heavy (non-hydrogen) atoms. The molecule has 0 aliphatic heterocycles. The Kier molecular flexibility index (Phi) is 3.67. The fourth-order valence-corrected chi connectivity index (χ4v) is 3.55. The van der Waals surface area contributed by atoms with Gasteiger partial charge in [0.2, 0.25) is 0 Å². The summed E-state index contributed by atoms with van der Waals surface area (Å²) in [6, 6.07) is 0. The van der Waals surface area contributed by atoms with Crippen LogP contribution < -0.4 is 0 Å². The summed E-state index contributed by atoms with van der Waals surface area (Å²) >= 11 is 0. The summed E-state index contributed by atoms with van der Waals surface area (Å²) in [5.74, 6) is 4.45. The molecule has 2 aliphatic carbocycles. The Bertz CT molecular complexity index is 371. The third-order valence-electron chi connectivity index (χ3n) is 4.89. The van der Waals surface area contributed by atoms with Crippen molar-refractivity contribution < 1.29 is 0 Å². The molecule has 0 bridgehead atoms. The molecule has 0 radical (unpaired) electrons. The maximum absolute atomic E-state index is 4.82. The van der Waals surface area contributed by atoms with Gasteiger partial charge in [-0.15, -0.1) is 0 Å². The van der Waals surface area contributed by atoms with Crippen molar-refractivity contribution in [3.63, 3.8) is 0 Å². The quantitative estimate of drug-likeness (QED) is 0.853. The molecule has 1 heterocycles. The van der Waals surface area contributed by atoms with Gasteiger partial charge in [-0.25, -0.2) is 4.98 Å². The predicted molar refractivity (Wildman–Crippen MR) is 72.6 cm³/mol. The van der Waals surface area contributed by atoms with Gasteiger partial charge in [0.25, 0.3) is 0 Å². The van der Waals surface area contributed by atoms with E-state index in [4.69, 9.17) is 4.98 Å². The van der Waals surface area contributed by atoms with Crippen LogP contribution in [0.15, 0.2) is 0 Å². The molecule has 2 saturated carbocycles. The van der Waals surface area contributed by atoms with Crippen molar-refractivity contribution in [3.8, 4) is 0 Å². The first-order chi connectivity index (χ1) is 8.83. The molecule has 0 unspecified atom stereocenters. The largest absolute Gasteiger partial charge is 0.263 e. The summed E-state index contributed by atoms with van der Waals surface area (Å²) in [5, 5.41) is 7.72.